The molecule has 2 aromatic rings. The van der Waals surface area contributed by atoms with Crippen molar-refractivity contribution in [2.75, 3.05) is 19.0 Å². The summed E-state index contributed by atoms with van der Waals surface area (Å²) >= 11 is 1.55. The largest absolute Gasteiger partial charge is 0.497 e. The van der Waals surface area contributed by atoms with Crippen molar-refractivity contribution in [3.8, 4) is 5.75 Å². The van der Waals surface area contributed by atoms with Crippen molar-refractivity contribution < 1.29 is 9.53 Å². The van der Waals surface area contributed by atoms with Gasteiger partial charge in [0.15, 0.2) is 5.13 Å². The van der Waals surface area contributed by atoms with E-state index in [0.29, 0.717) is 11.2 Å². The van der Waals surface area contributed by atoms with E-state index in [-0.39, 0.29) is 5.91 Å². The highest BCUT2D eigenvalue weighted by atomic mass is 32.1. The van der Waals surface area contributed by atoms with E-state index in [1.165, 1.54) is 22.9 Å². The molecule has 1 atom stereocenters. The first-order valence-corrected chi connectivity index (χ1v) is 9.65. The summed E-state index contributed by atoms with van der Waals surface area (Å²) in [4.78, 5) is 19.1. The number of hydrogen-bond donors (Lipinski definition) is 1. The monoisotopic (exact) mass is 371 g/mol. The van der Waals surface area contributed by atoms with Gasteiger partial charge in [-0.15, -0.1) is 11.3 Å². The lowest BCUT2D eigenvalue weighted by Gasteiger charge is -2.34. The molecule has 1 N–H and O–H groups in total. The number of benzene rings is 1. The molecule has 1 aromatic heterocycles. The molecule has 1 aromatic carbocycles. The number of thiazole rings is 1. The third kappa shape index (κ3) is 4.93. The van der Waals surface area contributed by atoms with Gasteiger partial charge in [0.05, 0.1) is 7.11 Å². The Balaban J connectivity index is 1.58. The van der Waals surface area contributed by atoms with E-state index in [2.05, 4.69) is 40.3 Å². The molecule has 1 fully saturated rings. The maximum absolute atomic E-state index is 11.1. The molecule has 3 rings (SSSR count). The molecule has 0 spiro atoms. The minimum Gasteiger partial charge on any atom is -0.497 e. The topological polar surface area (TPSA) is 54.5 Å². The average Bonchev–Trinajstić information content (AvgIpc) is 3.04. The first kappa shape index (κ1) is 18.6. The van der Waals surface area contributed by atoms with E-state index in [9.17, 15) is 4.79 Å². The highest BCUT2D eigenvalue weighted by Gasteiger charge is 2.22. The molecule has 1 unspecified atom stereocenters. The van der Waals surface area contributed by atoms with Gasteiger partial charge in [-0.25, -0.2) is 4.98 Å². The average molecular weight is 372 g/mol. The van der Waals surface area contributed by atoms with Crippen LogP contribution in [0.5, 0.6) is 5.75 Å². The third-order valence-electron chi connectivity index (χ3n) is 4.58. The second-order valence-electron chi connectivity index (χ2n) is 6.66. The zero-order valence-corrected chi connectivity index (χ0v) is 16.3. The number of ether oxygens (including phenoxy) is 1. The number of amides is 1. The van der Waals surface area contributed by atoms with Crippen LogP contribution in [0.1, 0.15) is 37.1 Å². The summed E-state index contributed by atoms with van der Waals surface area (Å²) in [5, 5.41) is 3.43. The fraction of sp³-hybridized carbons (Fsp3) is 0.400. The predicted octanol–water partition coefficient (Wildman–Crippen LogP) is 4.18. The molecular weight excluding hydrogens is 346 g/mol. The zero-order valence-electron chi connectivity index (χ0n) is 15.5. The van der Waals surface area contributed by atoms with Crippen molar-refractivity contribution >= 4 is 28.5 Å². The molecule has 1 aliphatic heterocycles. The van der Waals surface area contributed by atoms with Crippen LogP contribution in [0, 0.1) is 0 Å². The van der Waals surface area contributed by atoms with E-state index in [4.69, 9.17) is 4.74 Å². The van der Waals surface area contributed by atoms with E-state index < -0.39 is 0 Å². The van der Waals surface area contributed by atoms with Crippen LogP contribution in [0.2, 0.25) is 0 Å². The first-order chi connectivity index (χ1) is 12.5. The summed E-state index contributed by atoms with van der Waals surface area (Å²) in [5.74, 6) is 0.809. The minimum atomic E-state index is -0.0782. The van der Waals surface area contributed by atoms with E-state index in [1.54, 1.807) is 18.4 Å². The van der Waals surface area contributed by atoms with Crippen molar-refractivity contribution in [3.63, 3.8) is 0 Å². The van der Waals surface area contributed by atoms with Crippen LogP contribution in [0.4, 0.5) is 5.13 Å². The standard InChI is InChI=1S/C20H25N3O2S/c1-14-10-17(11-16-4-6-18(25-3)7-5-16)8-9-23(14)13-19-12-21-20(26-19)22-15(2)24/h4-7,11-12,14H,8-10,13H2,1-3H3,(H,21,22,24). The molecule has 0 radical (unpaired) electrons. The van der Waals surface area contributed by atoms with Gasteiger partial charge in [-0.3, -0.25) is 9.69 Å². The van der Waals surface area contributed by atoms with Crippen molar-refractivity contribution in [1.82, 2.24) is 9.88 Å². The Kier molecular flexibility index (Phi) is 6.06. The number of carbonyl (C=O) groups excluding carboxylic acids is 1. The maximum atomic E-state index is 11.1. The third-order valence-corrected chi connectivity index (χ3v) is 5.48. The lowest BCUT2D eigenvalue weighted by molar-refractivity contribution is -0.114. The quantitative estimate of drug-likeness (QED) is 0.857. The molecule has 26 heavy (non-hydrogen) atoms. The highest BCUT2D eigenvalue weighted by molar-refractivity contribution is 7.15. The molecule has 6 heteroatoms. The molecule has 138 valence electrons. The SMILES string of the molecule is COc1ccc(C=C2CCN(Cc3cnc(NC(C)=O)s3)C(C)C2)cc1. The van der Waals surface area contributed by atoms with Crippen LogP contribution in [0.3, 0.4) is 0 Å². The first-order valence-electron chi connectivity index (χ1n) is 8.83. The highest BCUT2D eigenvalue weighted by Crippen LogP contribution is 2.28. The second kappa shape index (κ2) is 8.47. The Labute approximate surface area is 158 Å². The van der Waals surface area contributed by atoms with Crippen LogP contribution >= 0.6 is 11.3 Å². The van der Waals surface area contributed by atoms with Gasteiger partial charge in [-0.2, -0.15) is 0 Å². The smallest absolute Gasteiger partial charge is 0.223 e. The summed E-state index contributed by atoms with van der Waals surface area (Å²) in [6, 6.07) is 8.69. The summed E-state index contributed by atoms with van der Waals surface area (Å²) in [6.45, 7) is 5.70. The van der Waals surface area contributed by atoms with Gasteiger partial charge in [-0.05, 0) is 37.5 Å². The molecule has 0 bridgehead atoms. The molecule has 2 heterocycles. The fourth-order valence-electron chi connectivity index (χ4n) is 3.21. The minimum absolute atomic E-state index is 0.0782. The van der Waals surface area contributed by atoms with Gasteiger partial charge in [0.2, 0.25) is 5.91 Å². The number of rotatable bonds is 5. The van der Waals surface area contributed by atoms with Crippen LogP contribution in [0.15, 0.2) is 36.0 Å². The Morgan fingerprint density at radius 3 is 2.85 bits per heavy atom. The summed E-state index contributed by atoms with van der Waals surface area (Å²) in [5.41, 5.74) is 2.71. The summed E-state index contributed by atoms with van der Waals surface area (Å²) in [7, 11) is 1.69. The molecule has 5 nitrogen and oxygen atoms in total. The van der Waals surface area contributed by atoms with Crippen LogP contribution in [-0.2, 0) is 11.3 Å². The Morgan fingerprint density at radius 1 is 1.42 bits per heavy atom. The lowest BCUT2D eigenvalue weighted by atomic mass is 9.95. The van der Waals surface area contributed by atoms with E-state index >= 15 is 0 Å². The van der Waals surface area contributed by atoms with Gasteiger partial charge < -0.3 is 10.1 Å². The number of nitrogens with one attached hydrogen (secondary N) is 1. The Hall–Kier alpha value is -2.18. The maximum Gasteiger partial charge on any atom is 0.223 e. The summed E-state index contributed by atoms with van der Waals surface area (Å²) in [6.07, 6.45) is 6.32. The number of carbonyl (C=O) groups is 1. The Morgan fingerprint density at radius 2 is 2.19 bits per heavy atom. The Bertz CT molecular complexity index is 783. The number of piperidine rings is 1. The van der Waals surface area contributed by atoms with E-state index in [1.807, 2.05) is 18.3 Å². The number of anilines is 1. The number of likely N-dealkylation sites (tertiary alicyclic amines) is 1. The molecule has 0 saturated carbocycles. The van der Waals surface area contributed by atoms with Crippen LogP contribution in [-0.4, -0.2) is 35.5 Å². The summed E-state index contributed by atoms with van der Waals surface area (Å²) < 4.78 is 5.22. The lowest BCUT2D eigenvalue weighted by Crippen LogP contribution is -2.37. The van der Waals surface area contributed by atoms with Crippen molar-refractivity contribution in [1.29, 1.82) is 0 Å². The van der Waals surface area contributed by atoms with E-state index in [0.717, 1.165) is 31.7 Å². The van der Waals surface area contributed by atoms with Gasteiger partial charge in [0.1, 0.15) is 5.75 Å². The van der Waals surface area contributed by atoms with Crippen LogP contribution in [0.25, 0.3) is 6.08 Å². The van der Waals surface area contributed by atoms with Crippen molar-refractivity contribution in [3.05, 3.63) is 46.5 Å². The number of hydrogen-bond acceptors (Lipinski definition) is 5. The van der Waals surface area contributed by atoms with Crippen molar-refractivity contribution in [2.45, 2.75) is 39.3 Å². The predicted molar refractivity (Wildman–Crippen MR) is 106 cm³/mol. The number of aromatic nitrogens is 1. The van der Waals surface area contributed by atoms with Gasteiger partial charge in [0, 0.05) is 37.1 Å². The zero-order chi connectivity index (χ0) is 18.5. The normalized spacial score (nSPS) is 19.5. The van der Waals surface area contributed by atoms with Gasteiger partial charge in [0.25, 0.3) is 0 Å². The number of methoxy groups -OCH3 is 1. The molecule has 1 amide bonds. The van der Waals surface area contributed by atoms with Gasteiger partial charge >= 0.3 is 0 Å². The molecular formula is C20H25N3O2S. The van der Waals surface area contributed by atoms with Crippen LogP contribution < -0.4 is 10.1 Å². The molecule has 0 aliphatic carbocycles. The fourth-order valence-corrected chi connectivity index (χ4v) is 4.09. The molecule has 1 aliphatic rings. The van der Waals surface area contributed by atoms with Crippen molar-refractivity contribution in [2.24, 2.45) is 0 Å². The number of nitrogens with zero attached hydrogens (tertiary/aromatic N) is 2. The molecule has 1 saturated heterocycles. The van der Waals surface area contributed by atoms with Gasteiger partial charge in [-0.1, -0.05) is 23.8 Å². The second-order valence-corrected chi connectivity index (χ2v) is 7.78.